The summed E-state index contributed by atoms with van der Waals surface area (Å²) in [4.78, 5) is 14.6. The molecule has 0 aliphatic carbocycles. The Labute approximate surface area is 112 Å². The Bertz CT molecular complexity index is 460. The second-order valence-electron chi connectivity index (χ2n) is 5.60. The molecule has 1 aromatic rings. The molecule has 2 saturated heterocycles. The molecule has 0 unspecified atom stereocenters. The summed E-state index contributed by atoms with van der Waals surface area (Å²) in [6.07, 6.45) is 4.01. The predicted molar refractivity (Wildman–Crippen MR) is 72.5 cm³/mol. The van der Waals surface area contributed by atoms with Crippen molar-refractivity contribution < 1.29 is 9.18 Å². The van der Waals surface area contributed by atoms with Gasteiger partial charge in [-0.15, -0.1) is 0 Å². The maximum absolute atomic E-state index is 13.0. The van der Waals surface area contributed by atoms with Crippen molar-refractivity contribution in [3.63, 3.8) is 0 Å². The van der Waals surface area contributed by atoms with Crippen LogP contribution in [-0.4, -0.2) is 25.5 Å². The number of benzene rings is 1. The fourth-order valence-corrected chi connectivity index (χ4v) is 3.30. The molecule has 0 saturated carbocycles. The van der Waals surface area contributed by atoms with E-state index in [4.69, 9.17) is 0 Å². The number of anilines is 1. The van der Waals surface area contributed by atoms with Crippen LogP contribution in [-0.2, 0) is 4.79 Å². The van der Waals surface area contributed by atoms with Gasteiger partial charge in [0.25, 0.3) is 0 Å². The van der Waals surface area contributed by atoms with Crippen molar-refractivity contribution in [1.82, 2.24) is 5.32 Å². The molecule has 1 amide bonds. The van der Waals surface area contributed by atoms with Crippen LogP contribution in [0.3, 0.4) is 0 Å². The van der Waals surface area contributed by atoms with Gasteiger partial charge in [0.2, 0.25) is 5.91 Å². The molecule has 3 nitrogen and oxygen atoms in total. The standard InChI is InChI=1S/C15H19FN2O/c16-12-3-5-13(6-4-12)18-10-2-8-15(14(18)19)7-1-9-17-11-15/h3-6,17H,1-2,7-11H2/t15-/m1/s1. The third-order valence-electron chi connectivity index (χ3n) is 4.35. The Morgan fingerprint density at radius 1 is 1.16 bits per heavy atom. The Hall–Kier alpha value is -1.42. The van der Waals surface area contributed by atoms with Gasteiger partial charge in [-0.2, -0.15) is 0 Å². The second kappa shape index (κ2) is 4.93. The molecule has 2 fully saturated rings. The predicted octanol–water partition coefficient (Wildman–Crippen LogP) is 2.32. The van der Waals surface area contributed by atoms with Crippen molar-refractivity contribution in [2.45, 2.75) is 25.7 Å². The van der Waals surface area contributed by atoms with E-state index in [2.05, 4.69) is 5.32 Å². The van der Waals surface area contributed by atoms with Crippen molar-refractivity contribution in [1.29, 1.82) is 0 Å². The van der Waals surface area contributed by atoms with Crippen molar-refractivity contribution in [3.05, 3.63) is 30.1 Å². The summed E-state index contributed by atoms with van der Waals surface area (Å²) in [7, 11) is 0. The zero-order chi connectivity index (χ0) is 13.3. The fraction of sp³-hybridized carbons (Fsp3) is 0.533. The maximum atomic E-state index is 13.0. The number of hydrogen-bond donors (Lipinski definition) is 1. The summed E-state index contributed by atoms with van der Waals surface area (Å²) in [5.41, 5.74) is 0.585. The molecule has 0 aromatic heterocycles. The molecule has 1 aromatic carbocycles. The molecule has 4 heteroatoms. The minimum absolute atomic E-state index is 0.206. The van der Waals surface area contributed by atoms with Crippen LogP contribution in [0.15, 0.2) is 24.3 Å². The monoisotopic (exact) mass is 262 g/mol. The van der Waals surface area contributed by atoms with Gasteiger partial charge in [-0.3, -0.25) is 4.79 Å². The van der Waals surface area contributed by atoms with E-state index in [1.807, 2.05) is 4.90 Å². The van der Waals surface area contributed by atoms with Gasteiger partial charge in [0.1, 0.15) is 5.82 Å². The SMILES string of the molecule is O=C1N(c2ccc(F)cc2)CCC[C@@]12CCCNC2. The molecule has 2 heterocycles. The van der Waals surface area contributed by atoms with E-state index in [9.17, 15) is 9.18 Å². The Morgan fingerprint density at radius 3 is 2.58 bits per heavy atom. The van der Waals surface area contributed by atoms with Crippen LogP contribution < -0.4 is 10.2 Å². The summed E-state index contributed by atoms with van der Waals surface area (Å²) in [5.74, 6) is -0.0557. The van der Waals surface area contributed by atoms with Gasteiger partial charge in [0, 0.05) is 18.8 Å². The Morgan fingerprint density at radius 2 is 1.89 bits per heavy atom. The molecule has 2 aliphatic rings. The van der Waals surface area contributed by atoms with E-state index >= 15 is 0 Å². The lowest BCUT2D eigenvalue weighted by Crippen LogP contribution is -2.55. The average Bonchev–Trinajstić information content (AvgIpc) is 2.44. The first-order valence-corrected chi connectivity index (χ1v) is 7.00. The van der Waals surface area contributed by atoms with E-state index in [0.717, 1.165) is 51.0 Å². The second-order valence-corrected chi connectivity index (χ2v) is 5.60. The summed E-state index contributed by atoms with van der Waals surface area (Å²) in [6.45, 7) is 2.53. The third-order valence-corrected chi connectivity index (χ3v) is 4.35. The summed E-state index contributed by atoms with van der Waals surface area (Å²) >= 11 is 0. The number of carbonyl (C=O) groups is 1. The lowest BCUT2D eigenvalue weighted by atomic mass is 9.73. The molecular weight excluding hydrogens is 243 g/mol. The number of piperidine rings is 2. The first-order chi connectivity index (χ1) is 9.21. The number of amides is 1. The van der Waals surface area contributed by atoms with E-state index in [-0.39, 0.29) is 17.1 Å². The quantitative estimate of drug-likeness (QED) is 0.842. The molecular formula is C15H19FN2O. The molecule has 1 spiro atoms. The van der Waals surface area contributed by atoms with E-state index in [1.54, 1.807) is 12.1 Å². The smallest absolute Gasteiger partial charge is 0.234 e. The number of nitrogens with zero attached hydrogens (tertiary/aromatic N) is 1. The first kappa shape index (κ1) is 12.6. The molecule has 0 bridgehead atoms. The van der Waals surface area contributed by atoms with Gasteiger partial charge < -0.3 is 10.2 Å². The van der Waals surface area contributed by atoms with Crippen LogP contribution >= 0.6 is 0 Å². The van der Waals surface area contributed by atoms with Crippen molar-refractivity contribution in [2.24, 2.45) is 5.41 Å². The highest BCUT2D eigenvalue weighted by Crippen LogP contribution is 2.38. The number of halogens is 1. The summed E-state index contributed by atoms with van der Waals surface area (Å²) in [6, 6.07) is 6.23. The molecule has 19 heavy (non-hydrogen) atoms. The zero-order valence-electron chi connectivity index (χ0n) is 11.0. The third kappa shape index (κ3) is 2.25. The molecule has 1 atom stereocenters. The van der Waals surface area contributed by atoms with Crippen LogP contribution in [0.2, 0.25) is 0 Å². The normalized spacial score (nSPS) is 27.8. The maximum Gasteiger partial charge on any atom is 0.234 e. The number of nitrogens with one attached hydrogen (secondary N) is 1. The molecule has 102 valence electrons. The largest absolute Gasteiger partial charge is 0.316 e. The van der Waals surface area contributed by atoms with E-state index in [1.165, 1.54) is 12.1 Å². The van der Waals surface area contributed by atoms with Crippen LogP contribution in [0, 0.1) is 11.2 Å². The van der Waals surface area contributed by atoms with E-state index < -0.39 is 0 Å². The van der Waals surface area contributed by atoms with Gasteiger partial charge in [-0.1, -0.05) is 0 Å². The highest BCUT2D eigenvalue weighted by molar-refractivity contribution is 5.98. The van der Waals surface area contributed by atoms with Crippen molar-refractivity contribution in [2.75, 3.05) is 24.5 Å². The van der Waals surface area contributed by atoms with Crippen LogP contribution in [0.1, 0.15) is 25.7 Å². The minimum atomic E-state index is -0.262. The molecule has 0 radical (unpaired) electrons. The summed E-state index contributed by atoms with van der Waals surface area (Å²) < 4.78 is 13.0. The van der Waals surface area contributed by atoms with E-state index in [0.29, 0.717) is 0 Å². The van der Waals surface area contributed by atoms with Crippen LogP contribution in [0.25, 0.3) is 0 Å². The number of hydrogen-bond acceptors (Lipinski definition) is 2. The van der Waals surface area contributed by atoms with Gasteiger partial charge >= 0.3 is 0 Å². The summed E-state index contributed by atoms with van der Waals surface area (Å²) in [5, 5.41) is 3.35. The van der Waals surface area contributed by atoms with Gasteiger partial charge in [0.15, 0.2) is 0 Å². The van der Waals surface area contributed by atoms with Crippen molar-refractivity contribution in [3.8, 4) is 0 Å². The Balaban J connectivity index is 1.86. The lowest BCUT2D eigenvalue weighted by Gasteiger charge is -2.44. The molecule has 1 N–H and O–H groups in total. The first-order valence-electron chi connectivity index (χ1n) is 7.00. The zero-order valence-corrected chi connectivity index (χ0v) is 11.0. The highest BCUT2D eigenvalue weighted by Gasteiger charge is 2.44. The molecule has 2 aliphatic heterocycles. The molecule has 3 rings (SSSR count). The van der Waals surface area contributed by atoms with Gasteiger partial charge in [-0.05, 0) is 56.5 Å². The van der Waals surface area contributed by atoms with Crippen LogP contribution in [0.5, 0.6) is 0 Å². The number of carbonyl (C=O) groups excluding carboxylic acids is 1. The number of rotatable bonds is 1. The highest BCUT2D eigenvalue weighted by atomic mass is 19.1. The van der Waals surface area contributed by atoms with Gasteiger partial charge in [-0.25, -0.2) is 4.39 Å². The van der Waals surface area contributed by atoms with Crippen molar-refractivity contribution >= 4 is 11.6 Å². The lowest BCUT2D eigenvalue weighted by molar-refractivity contribution is -0.131. The topological polar surface area (TPSA) is 32.3 Å². The van der Waals surface area contributed by atoms with Crippen LogP contribution in [0.4, 0.5) is 10.1 Å². The Kier molecular flexibility index (Phi) is 3.27. The fourth-order valence-electron chi connectivity index (χ4n) is 3.30. The average molecular weight is 262 g/mol. The van der Waals surface area contributed by atoms with Gasteiger partial charge in [0.05, 0.1) is 5.41 Å². The minimum Gasteiger partial charge on any atom is -0.316 e.